The molecule has 2 rings (SSSR count). The van der Waals surface area contributed by atoms with E-state index in [1.54, 1.807) is 6.92 Å². The quantitative estimate of drug-likeness (QED) is 0.739. The number of aromatic nitrogens is 2. The largest absolute Gasteiger partial charge is 0.394 e. The van der Waals surface area contributed by atoms with Crippen molar-refractivity contribution in [2.45, 2.75) is 31.7 Å². The predicted molar refractivity (Wildman–Crippen MR) is 69.1 cm³/mol. The molecule has 0 saturated carbocycles. The molecule has 19 heavy (non-hydrogen) atoms. The summed E-state index contributed by atoms with van der Waals surface area (Å²) >= 11 is 0. The molecule has 1 saturated heterocycles. The average Bonchev–Trinajstić information content (AvgIpc) is 2.78. The van der Waals surface area contributed by atoms with Crippen molar-refractivity contribution in [1.29, 1.82) is 0 Å². The van der Waals surface area contributed by atoms with Gasteiger partial charge in [-0.2, -0.15) is 0 Å². The molecule has 0 radical (unpaired) electrons. The Morgan fingerprint density at radius 3 is 2.79 bits per heavy atom. The van der Waals surface area contributed by atoms with Crippen molar-refractivity contribution in [3.05, 3.63) is 32.6 Å². The number of nitrogens with one attached hydrogen (secondary N) is 1. The number of hydrogen-bond acceptors (Lipinski definition) is 5. The number of aliphatic hydroxyl groups excluding tert-OH is 1. The summed E-state index contributed by atoms with van der Waals surface area (Å²) in [6.45, 7) is 1.55. The number of ether oxygens (including phenoxy) is 1. The first-order chi connectivity index (χ1) is 8.93. The Balaban J connectivity index is 2.42. The summed E-state index contributed by atoms with van der Waals surface area (Å²) in [5, 5.41) is 9.21. The van der Waals surface area contributed by atoms with Crippen LogP contribution in [-0.4, -0.2) is 52.4 Å². The lowest BCUT2D eigenvalue weighted by Gasteiger charge is -2.25. The Hall–Kier alpha value is -1.44. The van der Waals surface area contributed by atoms with E-state index in [1.807, 2.05) is 19.0 Å². The highest BCUT2D eigenvalue weighted by atomic mass is 16.5. The van der Waals surface area contributed by atoms with E-state index < -0.39 is 11.9 Å². The van der Waals surface area contributed by atoms with Crippen molar-refractivity contribution in [3.8, 4) is 0 Å². The minimum Gasteiger partial charge on any atom is -0.394 e. The van der Waals surface area contributed by atoms with Crippen LogP contribution < -0.4 is 11.2 Å². The standard InChI is InChI=1S/C12H19N3O4/c1-7-5-15(12(18)13-10(7)17)11-9(14(2)3)4-8(6-16)19-11/h5,8-9,11,16H,4,6H2,1-3H3,(H,13,17,18)/t8-,9-,11-/m1/s1. The van der Waals surface area contributed by atoms with E-state index in [1.165, 1.54) is 10.8 Å². The second kappa shape index (κ2) is 5.28. The Morgan fingerprint density at radius 1 is 1.53 bits per heavy atom. The lowest BCUT2D eigenvalue weighted by Crippen LogP contribution is -2.40. The topological polar surface area (TPSA) is 87.6 Å². The number of aliphatic hydroxyl groups is 1. The molecule has 1 aliphatic rings. The maximum Gasteiger partial charge on any atom is 0.330 e. The third kappa shape index (κ3) is 2.63. The zero-order valence-electron chi connectivity index (χ0n) is 11.3. The molecule has 2 N–H and O–H groups in total. The SMILES string of the molecule is Cc1cn([C@@H]2O[C@@H](CO)C[C@H]2N(C)C)c(=O)[nH]c1=O. The van der Waals surface area contributed by atoms with Crippen LogP contribution in [0.15, 0.2) is 15.8 Å². The van der Waals surface area contributed by atoms with Crippen molar-refractivity contribution in [2.24, 2.45) is 0 Å². The lowest BCUT2D eigenvalue weighted by molar-refractivity contribution is -0.0390. The van der Waals surface area contributed by atoms with Crippen molar-refractivity contribution < 1.29 is 9.84 Å². The molecule has 1 aliphatic heterocycles. The van der Waals surface area contributed by atoms with E-state index in [-0.39, 0.29) is 24.3 Å². The highest BCUT2D eigenvalue weighted by molar-refractivity contribution is 5.02. The second-order valence-electron chi connectivity index (χ2n) is 5.08. The normalized spacial score (nSPS) is 27.1. The molecule has 0 aliphatic carbocycles. The minimum atomic E-state index is -0.504. The number of aryl methyl sites for hydroxylation is 1. The van der Waals surface area contributed by atoms with Crippen LogP contribution in [0.4, 0.5) is 0 Å². The minimum absolute atomic E-state index is 0.0276. The summed E-state index contributed by atoms with van der Waals surface area (Å²) < 4.78 is 7.08. The molecule has 0 amide bonds. The molecule has 106 valence electrons. The Bertz CT molecular complexity index is 563. The maximum atomic E-state index is 11.9. The number of rotatable bonds is 3. The number of hydrogen-bond donors (Lipinski definition) is 2. The Labute approximate surface area is 110 Å². The molecule has 7 nitrogen and oxygen atoms in total. The zero-order chi connectivity index (χ0) is 14.2. The van der Waals surface area contributed by atoms with E-state index in [9.17, 15) is 14.7 Å². The van der Waals surface area contributed by atoms with Gasteiger partial charge in [0.05, 0.1) is 18.8 Å². The van der Waals surface area contributed by atoms with Crippen molar-refractivity contribution >= 4 is 0 Å². The van der Waals surface area contributed by atoms with Crippen molar-refractivity contribution in [1.82, 2.24) is 14.5 Å². The summed E-state index contributed by atoms with van der Waals surface area (Å²) in [6, 6.07) is -0.0276. The molecule has 0 bridgehead atoms. The Morgan fingerprint density at radius 2 is 2.21 bits per heavy atom. The van der Waals surface area contributed by atoms with E-state index in [0.29, 0.717) is 12.0 Å². The van der Waals surface area contributed by atoms with Crippen LogP contribution in [0.1, 0.15) is 18.2 Å². The van der Waals surface area contributed by atoms with Crippen LogP contribution in [0.25, 0.3) is 0 Å². The van der Waals surface area contributed by atoms with Gasteiger partial charge in [0.25, 0.3) is 5.56 Å². The zero-order valence-corrected chi connectivity index (χ0v) is 11.3. The molecule has 1 aromatic heterocycles. The van der Waals surface area contributed by atoms with E-state index >= 15 is 0 Å². The summed E-state index contributed by atoms with van der Waals surface area (Å²) in [6.07, 6.45) is 1.34. The van der Waals surface area contributed by atoms with Gasteiger partial charge in [0, 0.05) is 11.8 Å². The molecular weight excluding hydrogens is 250 g/mol. The number of nitrogens with zero attached hydrogens (tertiary/aromatic N) is 2. The molecular formula is C12H19N3O4. The van der Waals surface area contributed by atoms with Crippen molar-refractivity contribution in [3.63, 3.8) is 0 Å². The van der Waals surface area contributed by atoms with Crippen LogP contribution in [0, 0.1) is 6.92 Å². The van der Waals surface area contributed by atoms with Crippen molar-refractivity contribution in [2.75, 3.05) is 20.7 Å². The average molecular weight is 269 g/mol. The fraction of sp³-hybridized carbons (Fsp3) is 0.667. The van der Waals surface area contributed by atoms with Gasteiger partial charge in [-0.25, -0.2) is 4.79 Å². The lowest BCUT2D eigenvalue weighted by atomic mass is 10.1. The molecule has 3 atom stereocenters. The van der Waals surface area contributed by atoms with Gasteiger partial charge < -0.3 is 14.7 Å². The third-order valence-corrected chi connectivity index (χ3v) is 3.45. The van der Waals surface area contributed by atoms with Gasteiger partial charge >= 0.3 is 5.69 Å². The maximum absolute atomic E-state index is 11.9. The predicted octanol–water partition coefficient (Wildman–Crippen LogP) is -0.945. The monoisotopic (exact) mass is 269 g/mol. The molecule has 1 fully saturated rings. The highest BCUT2D eigenvalue weighted by Crippen LogP contribution is 2.30. The van der Waals surface area contributed by atoms with Crippen LogP contribution in [0.5, 0.6) is 0 Å². The first-order valence-corrected chi connectivity index (χ1v) is 6.19. The molecule has 0 spiro atoms. The molecule has 0 unspecified atom stereocenters. The number of H-pyrrole nitrogens is 1. The van der Waals surface area contributed by atoms with Gasteiger partial charge in [0.2, 0.25) is 0 Å². The first-order valence-electron chi connectivity index (χ1n) is 6.19. The van der Waals surface area contributed by atoms with Crippen LogP contribution in [0.3, 0.4) is 0 Å². The molecule has 0 aromatic carbocycles. The molecule has 7 heteroatoms. The summed E-state index contributed by atoms with van der Waals surface area (Å²) in [7, 11) is 3.79. The number of likely N-dealkylation sites (N-methyl/N-ethyl adjacent to an activating group) is 1. The summed E-state index contributed by atoms with van der Waals surface area (Å²) in [4.78, 5) is 27.5. The smallest absolute Gasteiger partial charge is 0.330 e. The van der Waals surface area contributed by atoms with Gasteiger partial charge in [-0.3, -0.25) is 14.3 Å². The second-order valence-corrected chi connectivity index (χ2v) is 5.08. The van der Waals surface area contributed by atoms with Gasteiger partial charge in [-0.05, 0) is 27.4 Å². The van der Waals surface area contributed by atoms with E-state index in [0.717, 1.165) is 0 Å². The van der Waals surface area contributed by atoms with Gasteiger partial charge in [-0.15, -0.1) is 0 Å². The van der Waals surface area contributed by atoms with E-state index in [4.69, 9.17) is 4.74 Å². The highest BCUT2D eigenvalue weighted by Gasteiger charge is 2.38. The summed E-state index contributed by atoms with van der Waals surface area (Å²) in [5.41, 5.74) is -0.432. The summed E-state index contributed by atoms with van der Waals surface area (Å²) in [5.74, 6) is 0. The van der Waals surface area contributed by atoms with Gasteiger partial charge in [-0.1, -0.05) is 0 Å². The molecule has 1 aromatic rings. The Kier molecular flexibility index (Phi) is 3.88. The van der Waals surface area contributed by atoms with Crippen LogP contribution >= 0.6 is 0 Å². The van der Waals surface area contributed by atoms with Crippen LogP contribution in [0.2, 0.25) is 0 Å². The molecule has 2 heterocycles. The van der Waals surface area contributed by atoms with Crippen LogP contribution in [-0.2, 0) is 4.74 Å². The number of aromatic amines is 1. The van der Waals surface area contributed by atoms with Gasteiger partial charge in [0.1, 0.15) is 0 Å². The first kappa shape index (κ1) is 14.0. The fourth-order valence-corrected chi connectivity index (χ4v) is 2.34. The van der Waals surface area contributed by atoms with Gasteiger partial charge in [0.15, 0.2) is 6.23 Å². The fourth-order valence-electron chi connectivity index (χ4n) is 2.34. The van der Waals surface area contributed by atoms with E-state index in [2.05, 4.69) is 4.98 Å². The third-order valence-electron chi connectivity index (χ3n) is 3.45.